The molecule has 0 aromatic heterocycles. The molecule has 0 N–H and O–H groups in total. The Morgan fingerprint density at radius 3 is 1.75 bits per heavy atom. The summed E-state index contributed by atoms with van der Waals surface area (Å²) >= 11 is 0. The first-order chi connectivity index (χ1) is 5.72. The van der Waals surface area contributed by atoms with Crippen LogP contribution in [0.2, 0.25) is 0 Å². The molecule has 0 bridgehead atoms. The van der Waals surface area contributed by atoms with Crippen molar-refractivity contribution in [3.8, 4) is 0 Å². The molecule has 0 aromatic rings. The van der Waals surface area contributed by atoms with Crippen LogP contribution in [0.3, 0.4) is 0 Å². The normalized spacial score (nSPS) is 9.92. The Balaban J connectivity index is 3.62. The minimum atomic E-state index is 0.219. The van der Waals surface area contributed by atoms with E-state index in [1.807, 2.05) is 4.90 Å². The minimum Gasteiger partial charge on any atom is -0.343 e. The first-order valence-electron chi connectivity index (χ1n) is 4.97. The number of rotatable bonds is 6. The van der Waals surface area contributed by atoms with Gasteiger partial charge in [-0.1, -0.05) is 26.7 Å². The average molecular weight is 171 g/mol. The molecule has 0 atom stereocenters. The van der Waals surface area contributed by atoms with Gasteiger partial charge in [-0.05, 0) is 12.8 Å². The average Bonchev–Trinajstić information content (AvgIpc) is 2.04. The summed E-state index contributed by atoms with van der Waals surface area (Å²) in [7, 11) is 0. The largest absolute Gasteiger partial charge is 0.343 e. The second kappa shape index (κ2) is 7.14. The zero-order valence-electron chi connectivity index (χ0n) is 8.60. The van der Waals surface area contributed by atoms with Crippen LogP contribution in [0.4, 0.5) is 0 Å². The molecule has 2 nitrogen and oxygen atoms in total. The molecular formula is C10H21NO. The first-order valence-corrected chi connectivity index (χ1v) is 4.97. The third kappa shape index (κ3) is 5.16. The molecule has 0 saturated carbocycles. The molecule has 0 rings (SSSR count). The van der Waals surface area contributed by atoms with E-state index in [9.17, 15) is 4.79 Å². The van der Waals surface area contributed by atoms with E-state index in [4.69, 9.17) is 0 Å². The molecule has 0 aromatic carbocycles. The standard InChI is InChI=1S/C10H21NO/c1-4-6-8-11(10(3)12)9-7-5-2/h4-9H2,1-3H3. The van der Waals surface area contributed by atoms with Crippen LogP contribution in [0.5, 0.6) is 0 Å². The highest BCUT2D eigenvalue weighted by Crippen LogP contribution is 1.99. The van der Waals surface area contributed by atoms with Crippen LogP contribution in [0.1, 0.15) is 46.5 Å². The topological polar surface area (TPSA) is 20.3 Å². The van der Waals surface area contributed by atoms with Crippen molar-refractivity contribution in [3.05, 3.63) is 0 Å². The predicted octanol–water partition coefficient (Wildman–Crippen LogP) is 2.44. The lowest BCUT2D eigenvalue weighted by atomic mass is 10.2. The monoisotopic (exact) mass is 171 g/mol. The zero-order chi connectivity index (χ0) is 9.40. The predicted molar refractivity (Wildman–Crippen MR) is 52.1 cm³/mol. The fourth-order valence-electron chi connectivity index (χ4n) is 1.12. The van der Waals surface area contributed by atoms with Crippen molar-refractivity contribution < 1.29 is 4.79 Å². The third-order valence-corrected chi connectivity index (χ3v) is 2.01. The van der Waals surface area contributed by atoms with E-state index in [0.717, 1.165) is 38.8 Å². The zero-order valence-corrected chi connectivity index (χ0v) is 8.60. The van der Waals surface area contributed by atoms with Gasteiger partial charge in [-0.2, -0.15) is 0 Å². The molecule has 12 heavy (non-hydrogen) atoms. The number of carbonyl (C=O) groups excluding carboxylic acids is 1. The van der Waals surface area contributed by atoms with Crippen LogP contribution < -0.4 is 0 Å². The maximum atomic E-state index is 11.1. The van der Waals surface area contributed by atoms with Gasteiger partial charge in [0.25, 0.3) is 0 Å². The highest BCUT2D eigenvalue weighted by atomic mass is 16.2. The molecule has 0 spiro atoms. The Labute approximate surface area is 75.9 Å². The summed E-state index contributed by atoms with van der Waals surface area (Å²) in [5.41, 5.74) is 0. The minimum absolute atomic E-state index is 0.219. The fourth-order valence-corrected chi connectivity index (χ4v) is 1.12. The molecule has 0 radical (unpaired) electrons. The van der Waals surface area contributed by atoms with Gasteiger partial charge in [0.2, 0.25) is 5.91 Å². The molecule has 0 aliphatic carbocycles. The molecule has 0 saturated heterocycles. The van der Waals surface area contributed by atoms with Crippen LogP contribution in [0, 0.1) is 0 Å². The van der Waals surface area contributed by atoms with Gasteiger partial charge in [-0.3, -0.25) is 4.79 Å². The summed E-state index contributed by atoms with van der Waals surface area (Å²) in [6.45, 7) is 7.83. The van der Waals surface area contributed by atoms with E-state index >= 15 is 0 Å². The van der Waals surface area contributed by atoms with Gasteiger partial charge >= 0.3 is 0 Å². The van der Waals surface area contributed by atoms with Crippen molar-refractivity contribution >= 4 is 5.91 Å². The highest BCUT2D eigenvalue weighted by molar-refractivity contribution is 5.73. The molecule has 0 aliphatic heterocycles. The summed E-state index contributed by atoms with van der Waals surface area (Å²) in [6, 6.07) is 0. The Bertz CT molecular complexity index is 115. The Hall–Kier alpha value is -0.530. The lowest BCUT2D eigenvalue weighted by molar-refractivity contribution is -0.129. The maximum absolute atomic E-state index is 11.1. The van der Waals surface area contributed by atoms with Gasteiger partial charge in [0, 0.05) is 20.0 Å². The van der Waals surface area contributed by atoms with Crippen LogP contribution in [0.15, 0.2) is 0 Å². The van der Waals surface area contributed by atoms with Gasteiger partial charge in [0.1, 0.15) is 0 Å². The summed E-state index contributed by atoms with van der Waals surface area (Å²) in [5, 5.41) is 0. The summed E-state index contributed by atoms with van der Waals surface area (Å²) in [4.78, 5) is 13.0. The molecule has 0 unspecified atom stereocenters. The first kappa shape index (κ1) is 11.5. The Kier molecular flexibility index (Phi) is 6.82. The summed E-state index contributed by atoms with van der Waals surface area (Å²) in [5.74, 6) is 0.219. The quantitative estimate of drug-likeness (QED) is 0.601. The highest BCUT2D eigenvalue weighted by Gasteiger charge is 2.05. The number of unbranched alkanes of at least 4 members (excludes halogenated alkanes) is 2. The van der Waals surface area contributed by atoms with E-state index in [1.54, 1.807) is 6.92 Å². The van der Waals surface area contributed by atoms with Gasteiger partial charge in [-0.15, -0.1) is 0 Å². The molecule has 0 fully saturated rings. The van der Waals surface area contributed by atoms with Crippen molar-refractivity contribution in [1.29, 1.82) is 0 Å². The van der Waals surface area contributed by atoms with Gasteiger partial charge < -0.3 is 4.90 Å². The lowest BCUT2D eigenvalue weighted by Crippen LogP contribution is -2.30. The molecular weight excluding hydrogens is 150 g/mol. The number of hydrogen-bond acceptors (Lipinski definition) is 1. The van der Waals surface area contributed by atoms with Crippen molar-refractivity contribution in [3.63, 3.8) is 0 Å². The van der Waals surface area contributed by atoms with Crippen LogP contribution in [0.25, 0.3) is 0 Å². The smallest absolute Gasteiger partial charge is 0.219 e. The summed E-state index contributed by atoms with van der Waals surface area (Å²) < 4.78 is 0. The van der Waals surface area contributed by atoms with Crippen molar-refractivity contribution in [1.82, 2.24) is 4.90 Å². The third-order valence-electron chi connectivity index (χ3n) is 2.01. The lowest BCUT2D eigenvalue weighted by Gasteiger charge is -2.20. The molecule has 1 amide bonds. The summed E-state index contributed by atoms with van der Waals surface area (Å²) in [6.07, 6.45) is 4.58. The van der Waals surface area contributed by atoms with E-state index in [-0.39, 0.29) is 5.91 Å². The maximum Gasteiger partial charge on any atom is 0.219 e. The van der Waals surface area contributed by atoms with E-state index in [2.05, 4.69) is 13.8 Å². The Morgan fingerprint density at radius 2 is 1.50 bits per heavy atom. The number of hydrogen-bond donors (Lipinski definition) is 0. The van der Waals surface area contributed by atoms with Crippen molar-refractivity contribution in [2.75, 3.05) is 13.1 Å². The SMILES string of the molecule is CCCCN(CCCC)C(C)=O. The van der Waals surface area contributed by atoms with Crippen molar-refractivity contribution in [2.45, 2.75) is 46.5 Å². The number of nitrogens with zero attached hydrogens (tertiary/aromatic N) is 1. The molecule has 0 heterocycles. The van der Waals surface area contributed by atoms with Gasteiger partial charge in [-0.25, -0.2) is 0 Å². The van der Waals surface area contributed by atoms with Crippen LogP contribution in [-0.2, 0) is 4.79 Å². The van der Waals surface area contributed by atoms with E-state index in [0.29, 0.717) is 0 Å². The van der Waals surface area contributed by atoms with Crippen molar-refractivity contribution in [2.24, 2.45) is 0 Å². The van der Waals surface area contributed by atoms with E-state index < -0.39 is 0 Å². The molecule has 0 aliphatic rings. The number of amides is 1. The van der Waals surface area contributed by atoms with Crippen LogP contribution in [-0.4, -0.2) is 23.9 Å². The molecule has 2 heteroatoms. The molecule has 72 valence electrons. The van der Waals surface area contributed by atoms with Crippen LogP contribution >= 0.6 is 0 Å². The fraction of sp³-hybridized carbons (Fsp3) is 0.900. The second-order valence-corrected chi connectivity index (χ2v) is 3.21. The van der Waals surface area contributed by atoms with Gasteiger partial charge in [0.15, 0.2) is 0 Å². The second-order valence-electron chi connectivity index (χ2n) is 3.21. The van der Waals surface area contributed by atoms with Gasteiger partial charge in [0.05, 0.1) is 0 Å². The van der Waals surface area contributed by atoms with E-state index in [1.165, 1.54) is 0 Å². The Morgan fingerprint density at radius 1 is 1.08 bits per heavy atom. The number of carbonyl (C=O) groups is 1.